The van der Waals surface area contributed by atoms with Gasteiger partial charge in [0.1, 0.15) is 17.5 Å². The first kappa shape index (κ1) is 15.5. The van der Waals surface area contributed by atoms with Gasteiger partial charge in [-0.15, -0.1) is 21.5 Å². The van der Waals surface area contributed by atoms with Gasteiger partial charge < -0.3 is 9.88 Å². The molecule has 0 spiro atoms. The van der Waals surface area contributed by atoms with Gasteiger partial charge in [0.25, 0.3) is 0 Å². The van der Waals surface area contributed by atoms with E-state index in [4.69, 9.17) is 0 Å². The summed E-state index contributed by atoms with van der Waals surface area (Å²) in [7, 11) is 0. The van der Waals surface area contributed by atoms with Crippen molar-refractivity contribution in [1.29, 1.82) is 0 Å². The minimum Gasteiger partial charge on any atom is -0.314 e. The highest BCUT2D eigenvalue weighted by molar-refractivity contribution is 7.15. The van der Waals surface area contributed by atoms with Gasteiger partial charge in [0.2, 0.25) is 0 Å². The minimum atomic E-state index is -0.175. The highest BCUT2D eigenvalue weighted by atomic mass is 32.1. The van der Waals surface area contributed by atoms with E-state index >= 15 is 0 Å². The van der Waals surface area contributed by atoms with E-state index in [2.05, 4.69) is 33.1 Å². The molecule has 0 bridgehead atoms. The van der Waals surface area contributed by atoms with Gasteiger partial charge in [-0.2, -0.15) is 0 Å². The Labute approximate surface area is 144 Å². The Hall–Kier alpha value is -2.05. The fourth-order valence-corrected chi connectivity index (χ4v) is 4.10. The summed E-state index contributed by atoms with van der Waals surface area (Å²) in [5.74, 6) is 1.93. The van der Waals surface area contributed by atoms with Crippen molar-refractivity contribution in [3.63, 3.8) is 0 Å². The van der Waals surface area contributed by atoms with Crippen LogP contribution >= 0.6 is 11.3 Å². The number of hydrogen-bond acceptors (Lipinski definition) is 4. The molecular formula is C18H19FN4S. The molecule has 1 aromatic carbocycles. The molecule has 1 aliphatic rings. The third-order valence-electron chi connectivity index (χ3n) is 4.41. The molecule has 0 amide bonds. The summed E-state index contributed by atoms with van der Waals surface area (Å²) >= 11 is 1.62. The van der Waals surface area contributed by atoms with Crippen LogP contribution in [0.2, 0.25) is 0 Å². The molecule has 0 unspecified atom stereocenters. The zero-order chi connectivity index (χ0) is 16.5. The van der Waals surface area contributed by atoms with Crippen molar-refractivity contribution in [2.75, 3.05) is 0 Å². The molecule has 4 rings (SSSR count). The third kappa shape index (κ3) is 2.87. The molecule has 4 nitrogen and oxygen atoms in total. The second-order valence-corrected chi connectivity index (χ2v) is 7.25. The van der Waals surface area contributed by atoms with Crippen LogP contribution in [0.25, 0.3) is 10.4 Å². The molecule has 3 aromatic rings. The van der Waals surface area contributed by atoms with Crippen molar-refractivity contribution < 1.29 is 4.39 Å². The molecule has 0 fully saturated rings. The Morgan fingerprint density at radius 1 is 1.25 bits per heavy atom. The van der Waals surface area contributed by atoms with E-state index in [1.165, 1.54) is 10.9 Å². The molecule has 24 heavy (non-hydrogen) atoms. The van der Waals surface area contributed by atoms with Crippen molar-refractivity contribution in [2.24, 2.45) is 0 Å². The molecule has 0 saturated carbocycles. The number of aryl methyl sites for hydroxylation is 1. The molecule has 2 aromatic heterocycles. The number of hydrogen-bond donors (Lipinski definition) is 1. The highest BCUT2D eigenvalue weighted by Crippen LogP contribution is 2.30. The quantitative estimate of drug-likeness (QED) is 0.764. The molecule has 1 N–H and O–H groups in total. The van der Waals surface area contributed by atoms with E-state index in [0.717, 1.165) is 42.5 Å². The number of benzene rings is 1. The maximum atomic E-state index is 13.9. The van der Waals surface area contributed by atoms with Crippen LogP contribution in [-0.2, 0) is 19.5 Å². The summed E-state index contributed by atoms with van der Waals surface area (Å²) in [5, 5.41) is 12.1. The zero-order valence-electron chi connectivity index (χ0n) is 13.5. The predicted octanol–water partition coefficient (Wildman–Crippen LogP) is 3.94. The lowest BCUT2D eigenvalue weighted by molar-refractivity contribution is 0.518. The van der Waals surface area contributed by atoms with Crippen LogP contribution in [0.15, 0.2) is 36.4 Å². The summed E-state index contributed by atoms with van der Waals surface area (Å²) in [6.07, 6.45) is 2.18. The zero-order valence-corrected chi connectivity index (χ0v) is 14.3. The van der Waals surface area contributed by atoms with E-state index in [0.29, 0.717) is 5.56 Å². The van der Waals surface area contributed by atoms with Gasteiger partial charge in [0.15, 0.2) is 0 Å². The Kier molecular flexibility index (Phi) is 4.16. The number of halogens is 1. The summed E-state index contributed by atoms with van der Waals surface area (Å²) in [4.78, 5) is 2.14. The number of fused-ring (bicyclic) bond motifs is 1. The Balaban J connectivity index is 1.44. The van der Waals surface area contributed by atoms with Crippen LogP contribution in [0.4, 0.5) is 4.39 Å². The average molecular weight is 342 g/mol. The van der Waals surface area contributed by atoms with Gasteiger partial charge in [-0.25, -0.2) is 4.39 Å². The van der Waals surface area contributed by atoms with Gasteiger partial charge in [0.05, 0.1) is 6.04 Å². The molecular weight excluding hydrogens is 323 g/mol. The van der Waals surface area contributed by atoms with Crippen LogP contribution in [0.5, 0.6) is 0 Å². The lowest BCUT2D eigenvalue weighted by Crippen LogP contribution is -2.21. The van der Waals surface area contributed by atoms with Gasteiger partial charge in [-0.3, -0.25) is 0 Å². The standard InChI is InChI=1S/C18H19FN4S/c1-12(18-22-21-17-7-4-10-23(17)18)20-11-13-8-9-16(24-13)14-5-2-3-6-15(14)19/h2-3,5-6,8-9,12,20H,4,7,10-11H2,1H3/t12-/m1/s1. The van der Waals surface area contributed by atoms with E-state index in [1.54, 1.807) is 17.4 Å². The smallest absolute Gasteiger partial charge is 0.149 e. The van der Waals surface area contributed by atoms with Gasteiger partial charge in [0, 0.05) is 34.8 Å². The van der Waals surface area contributed by atoms with Crippen LogP contribution in [0, 0.1) is 5.82 Å². The SMILES string of the molecule is C[C@@H](NCc1ccc(-c2ccccc2F)s1)c1nnc2n1CCC2. The number of rotatable bonds is 5. The maximum absolute atomic E-state index is 13.9. The molecule has 1 aliphatic heterocycles. The van der Waals surface area contributed by atoms with Gasteiger partial charge in [-0.1, -0.05) is 18.2 Å². The third-order valence-corrected chi connectivity index (χ3v) is 5.53. The number of nitrogens with one attached hydrogen (secondary N) is 1. The monoisotopic (exact) mass is 342 g/mol. The first-order chi connectivity index (χ1) is 11.7. The lowest BCUT2D eigenvalue weighted by atomic mass is 10.2. The normalized spacial score (nSPS) is 14.8. The number of nitrogens with zero attached hydrogens (tertiary/aromatic N) is 3. The van der Waals surface area contributed by atoms with Crippen LogP contribution in [-0.4, -0.2) is 14.8 Å². The first-order valence-corrected chi connectivity index (χ1v) is 9.03. The summed E-state index contributed by atoms with van der Waals surface area (Å²) in [6.45, 7) is 3.86. The average Bonchev–Trinajstić information content (AvgIpc) is 3.29. The van der Waals surface area contributed by atoms with Gasteiger partial charge in [-0.05, 0) is 31.5 Å². The van der Waals surface area contributed by atoms with E-state index in [-0.39, 0.29) is 11.9 Å². The van der Waals surface area contributed by atoms with Crippen molar-refractivity contribution in [3.8, 4) is 10.4 Å². The Bertz CT molecular complexity index is 854. The minimum absolute atomic E-state index is 0.142. The fraction of sp³-hybridized carbons (Fsp3) is 0.333. The van der Waals surface area contributed by atoms with E-state index in [9.17, 15) is 4.39 Å². The molecule has 0 saturated heterocycles. The lowest BCUT2D eigenvalue weighted by Gasteiger charge is -2.13. The summed E-state index contributed by atoms with van der Waals surface area (Å²) < 4.78 is 16.1. The van der Waals surface area contributed by atoms with Crippen LogP contribution in [0.1, 0.15) is 35.9 Å². The van der Waals surface area contributed by atoms with Crippen molar-refractivity contribution >= 4 is 11.3 Å². The number of thiophene rings is 1. The van der Waals surface area contributed by atoms with Gasteiger partial charge >= 0.3 is 0 Å². The predicted molar refractivity (Wildman–Crippen MR) is 93.3 cm³/mol. The molecule has 124 valence electrons. The largest absolute Gasteiger partial charge is 0.314 e. The molecule has 0 radical (unpaired) electrons. The molecule has 1 atom stereocenters. The molecule has 3 heterocycles. The van der Waals surface area contributed by atoms with E-state index in [1.807, 2.05) is 18.2 Å². The maximum Gasteiger partial charge on any atom is 0.149 e. The van der Waals surface area contributed by atoms with Crippen LogP contribution < -0.4 is 5.32 Å². The summed E-state index contributed by atoms with van der Waals surface area (Å²) in [6, 6.07) is 11.1. The van der Waals surface area contributed by atoms with E-state index < -0.39 is 0 Å². The Morgan fingerprint density at radius 2 is 2.12 bits per heavy atom. The first-order valence-electron chi connectivity index (χ1n) is 8.21. The summed E-state index contributed by atoms with van der Waals surface area (Å²) in [5.41, 5.74) is 0.664. The second kappa shape index (κ2) is 6.45. The van der Waals surface area contributed by atoms with Crippen molar-refractivity contribution in [3.05, 3.63) is 58.7 Å². The van der Waals surface area contributed by atoms with Crippen molar-refractivity contribution in [2.45, 2.75) is 38.9 Å². The fourth-order valence-electron chi connectivity index (χ4n) is 3.12. The van der Waals surface area contributed by atoms with Crippen LogP contribution in [0.3, 0.4) is 0 Å². The second-order valence-electron chi connectivity index (χ2n) is 6.08. The highest BCUT2D eigenvalue weighted by Gasteiger charge is 2.21. The molecule has 6 heteroatoms. The van der Waals surface area contributed by atoms with Crippen molar-refractivity contribution in [1.82, 2.24) is 20.1 Å². The number of aromatic nitrogens is 3. The molecule has 0 aliphatic carbocycles. The Morgan fingerprint density at radius 3 is 3.00 bits per heavy atom. The topological polar surface area (TPSA) is 42.7 Å².